The van der Waals surface area contributed by atoms with E-state index >= 15 is 0 Å². The van der Waals surface area contributed by atoms with Crippen LogP contribution in [0, 0.1) is 12.8 Å². The van der Waals surface area contributed by atoms with Crippen LogP contribution >= 0.6 is 0 Å². The Morgan fingerprint density at radius 1 is 1.32 bits per heavy atom. The second-order valence-electron chi connectivity index (χ2n) is 5.38. The van der Waals surface area contributed by atoms with Crippen LogP contribution in [0.25, 0.3) is 11.0 Å². The minimum absolute atomic E-state index is 0.162. The van der Waals surface area contributed by atoms with Crippen LogP contribution in [-0.2, 0) is 4.79 Å². The molecule has 100 valence electrons. The topological polar surface area (TPSA) is 57.8 Å². The first-order chi connectivity index (χ1) is 9.22. The van der Waals surface area contributed by atoms with Gasteiger partial charge in [-0.3, -0.25) is 4.79 Å². The molecule has 1 amide bonds. The first-order valence-electron chi connectivity index (χ1n) is 6.99. The number of rotatable bonds is 2. The van der Waals surface area contributed by atoms with Crippen molar-refractivity contribution in [2.24, 2.45) is 5.92 Å². The molecule has 0 unspecified atom stereocenters. The Bertz CT molecular complexity index is 596. The number of carbonyl (C=O) groups is 1. The number of hydrogen-bond donors (Lipinski definition) is 2. The summed E-state index contributed by atoms with van der Waals surface area (Å²) in [5, 5.41) is 3.03. The molecule has 0 atom stereocenters. The number of anilines is 1. The number of hydrogen-bond acceptors (Lipinski definition) is 2. The van der Waals surface area contributed by atoms with E-state index in [0.29, 0.717) is 0 Å². The number of nitrogens with one attached hydrogen (secondary N) is 2. The maximum atomic E-state index is 12.2. The zero-order valence-electron chi connectivity index (χ0n) is 11.2. The van der Waals surface area contributed by atoms with Gasteiger partial charge in [0.1, 0.15) is 5.82 Å². The summed E-state index contributed by atoms with van der Waals surface area (Å²) in [6.07, 6.45) is 5.67. The van der Waals surface area contributed by atoms with E-state index < -0.39 is 0 Å². The summed E-state index contributed by atoms with van der Waals surface area (Å²) >= 11 is 0. The quantitative estimate of drug-likeness (QED) is 0.866. The summed E-state index contributed by atoms with van der Waals surface area (Å²) in [6, 6.07) is 5.81. The summed E-state index contributed by atoms with van der Waals surface area (Å²) in [6.45, 7) is 1.93. The Morgan fingerprint density at radius 2 is 2.11 bits per heavy atom. The minimum atomic E-state index is 0.162. The molecule has 0 spiro atoms. The van der Waals surface area contributed by atoms with Gasteiger partial charge in [-0.05, 0) is 38.0 Å². The van der Waals surface area contributed by atoms with Crippen molar-refractivity contribution in [1.29, 1.82) is 0 Å². The molecular weight excluding hydrogens is 238 g/mol. The molecule has 1 heterocycles. The van der Waals surface area contributed by atoms with E-state index in [0.717, 1.165) is 35.4 Å². The fraction of sp³-hybridized carbons (Fsp3) is 0.467. The fourth-order valence-corrected chi connectivity index (χ4v) is 2.82. The van der Waals surface area contributed by atoms with Gasteiger partial charge in [0.15, 0.2) is 0 Å². The largest absolute Gasteiger partial charge is 0.342 e. The third-order valence-electron chi connectivity index (χ3n) is 3.84. The lowest BCUT2D eigenvalue weighted by atomic mass is 9.88. The standard InChI is InChI=1S/C15H19N3O/c1-10-16-13-8-7-12(9-14(13)17-10)18-15(19)11-5-3-2-4-6-11/h7-9,11H,2-6H2,1H3,(H,16,17)(H,18,19). The van der Waals surface area contributed by atoms with E-state index in [9.17, 15) is 4.79 Å². The van der Waals surface area contributed by atoms with Gasteiger partial charge in [-0.15, -0.1) is 0 Å². The van der Waals surface area contributed by atoms with Gasteiger partial charge >= 0.3 is 0 Å². The molecule has 19 heavy (non-hydrogen) atoms. The van der Waals surface area contributed by atoms with E-state index in [4.69, 9.17) is 0 Å². The van der Waals surface area contributed by atoms with Crippen LogP contribution in [0.2, 0.25) is 0 Å². The summed E-state index contributed by atoms with van der Waals surface area (Å²) in [5.74, 6) is 1.24. The van der Waals surface area contributed by atoms with Crippen molar-refractivity contribution in [3.8, 4) is 0 Å². The molecule has 1 aromatic heterocycles. The molecule has 1 aromatic carbocycles. The van der Waals surface area contributed by atoms with Crippen molar-refractivity contribution in [2.75, 3.05) is 5.32 Å². The van der Waals surface area contributed by atoms with Gasteiger partial charge in [0.25, 0.3) is 0 Å². The SMILES string of the molecule is Cc1nc2ccc(NC(=O)C3CCCCC3)cc2[nH]1. The number of benzene rings is 1. The summed E-state index contributed by atoms with van der Waals surface area (Å²) in [5.41, 5.74) is 2.76. The molecule has 2 aromatic rings. The van der Waals surface area contributed by atoms with Gasteiger partial charge in [0.05, 0.1) is 11.0 Å². The molecule has 1 aliphatic rings. The summed E-state index contributed by atoms with van der Waals surface area (Å²) in [7, 11) is 0. The highest BCUT2D eigenvalue weighted by Crippen LogP contribution is 2.25. The number of imidazole rings is 1. The molecule has 4 nitrogen and oxygen atoms in total. The number of carbonyl (C=O) groups excluding carboxylic acids is 1. The van der Waals surface area contributed by atoms with Gasteiger partial charge in [-0.1, -0.05) is 19.3 Å². The summed E-state index contributed by atoms with van der Waals surface area (Å²) in [4.78, 5) is 19.7. The monoisotopic (exact) mass is 257 g/mol. The smallest absolute Gasteiger partial charge is 0.227 e. The van der Waals surface area contributed by atoms with Crippen molar-refractivity contribution in [3.05, 3.63) is 24.0 Å². The predicted molar refractivity (Wildman–Crippen MR) is 76.0 cm³/mol. The number of amides is 1. The van der Waals surface area contributed by atoms with Crippen LogP contribution in [0.1, 0.15) is 37.9 Å². The van der Waals surface area contributed by atoms with Crippen LogP contribution in [-0.4, -0.2) is 15.9 Å². The summed E-state index contributed by atoms with van der Waals surface area (Å²) < 4.78 is 0. The second kappa shape index (κ2) is 5.03. The Balaban J connectivity index is 1.74. The fourth-order valence-electron chi connectivity index (χ4n) is 2.82. The molecule has 0 aliphatic heterocycles. The number of H-pyrrole nitrogens is 1. The molecular formula is C15H19N3O. The van der Waals surface area contributed by atoms with Gasteiger partial charge in [-0.25, -0.2) is 4.98 Å². The Morgan fingerprint density at radius 3 is 2.89 bits per heavy atom. The Labute approximate surface area is 112 Å². The Kier molecular flexibility index (Phi) is 3.23. The molecule has 2 N–H and O–H groups in total. The minimum Gasteiger partial charge on any atom is -0.342 e. The molecule has 3 rings (SSSR count). The highest BCUT2D eigenvalue weighted by atomic mass is 16.1. The zero-order chi connectivity index (χ0) is 13.2. The molecule has 4 heteroatoms. The molecule has 0 bridgehead atoms. The normalized spacial score (nSPS) is 16.7. The van der Waals surface area contributed by atoms with Crippen molar-refractivity contribution < 1.29 is 4.79 Å². The van der Waals surface area contributed by atoms with Crippen LogP contribution in [0.3, 0.4) is 0 Å². The zero-order valence-corrected chi connectivity index (χ0v) is 11.2. The Hall–Kier alpha value is -1.84. The molecule has 0 radical (unpaired) electrons. The third-order valence-corrected chi connectivity index (χ3v) is 3.84. The van der Waals surface area contributed by atoms with Gasteiger partial charge < -0.3 is 10.3 Å². The first kappa shape index (κ1) is 12.2. The number of aromatic amines is 1. The average Bonchev–Trinajstić information content (AvgIpc) is 2.79. The second-order valence-corrected chi connectivity index (χ2v) is 5.38. The lowest BCUT2D eigenvalue weighted by Gasteiger charge is -2.20. The van der Waals surface area contributed by atoms with E-state index in [2.05, 4.69) is 15.3 Å². The van der Waals surface area contributed by atoms with E-state index in [1.165, 1.54) is 19.3 Å². The van der Waals surface area contributed by atoms with Crippen molar-refractivity contribution in [2.45, 2.75) is 39.0 Å². The van der Waals surface area contributed by atoms with Gasteiger partial charge in [0, 0.05) is 11.6 Å². The molecule has 1 saturated carbocycles. The van der Waals surface area contributed by atoms with Crippen molar-refractivity contribution in [1.82, 2.24) is 9.97 Å². The van der Waals surface area contributed by atoms with Crippen molar-refractivity contribution >= 4 is 22.6 Å². The predicted octanol–water partition coefficient (Wildman–Crippen LogP) is 3.39. The van der Waals surface area contributed by atoms with E-state index in [1.54, 1.807) is 0 Å². The molecule has 1 aliphatic carbocycles. The van der Waals surface area contributed by atoms with E-state index in [1.807, 2.05) is 25.1 Å². The maximum Gasteiger partial charge on any atom is 0.227 e. The average molecular weight is 257 g/mol. The number of aromatic nitrogens is 2. The lowest BCUT2D eigenvalue weighted by Crippen LogP contribution is -2.24. The van der Waals surface area contributed by atoms with Gasteiger partial charge in [-0.2, -0.15) is 0 Å². The number of aryl methyl sites for hydroxylation is 1. The first-order valence-corrected chi connectivity index (χ1v) is 6.99. The van der Waals surface area contributed by atoms with Gasteiger partial charge in [0.2, 0.25) is 5.91 Å². The van der Waals surface area contributed by atoms with Crippen molar-refractivity contribution in [3.63, 3.8) is 0 Å². The highest BCUT2D eigenvalue weighted by Gasteiger charge is 2.21. The lowest BCUT2D eigenvalue weighted by molar-refractivity contribution is -0.120. The maximum absolute atomic E-state index is 12.2. The van der Waals surface area contributed by atoms with Crippen LogP contribution in [0.4, 0.5) is 5.69 Å². The third kappa shape index (κ3) is 2.62. The number of fused-ring (bicyclic) bond motifs is 1. The van der Waals surface area contributed by atoms with Crippen LogP contribution in [0.5, 0.6) is 0 Å². The van der Waals surface area contributed by atoms with Crippen LogP contribution in [0.15, 0.2) is 18.2 Å². The van der Waals surface area contributed by atoms with E-state index in [-0.39, 0.29) is 11.8 Å². The van der Waals surface area contributed by atoms with Crippen LogP contribution < -0.4 is 5.32 Å². The highest BCUT2D eigenvalue weighted by molar-refractivity contribution is 5.94. The molecule has 1 fully saturated rings. The molecule has 0 saturated heterocycles. The number of nitrogens with zero attached hydrogens (tertiary/aromatic N) is 1.